The Morgan fingerprint density at radius 1 is 1.05 bits per heavy atom. The Balaban J connectivity index is 2.41. The zero-order valence-electron chi connectivity index (χ0n) is 12.0. The highest BCUT2D eigenvalue weighted by Crippen LogP contribution is 2.37. The van der Waals surface area contributed by atoms with Crippen LogP contribution in [0.2, 0.25) is 0 Å². The van der Waals surface area contributed by atoms with Crippen molar-refractivity contribution in [2.24, 2.45) is 0 Å². The molecule has 1 aliphatic heterocycles. The Morgan fingerprint density at radius 3 is 2.05 bits per heavy atom. The van der Waals surface area contributed by atoms with E-state index < -0.39 is 24.7 Å². The van der Waals surface area contributed by atoms with Crippen LogP contribution in [0.1, 0.15) is 45.2 Å². The predicted molar refractivity (Wildman–Crippen MR) is 71.9 cm³/mol. The lowest BCUT2D eigenvalue weighted by Gasteiger charge is -2.32. The van der Waals surface area contributed by atoms with E-state index in [9.17, 15) is 8.78 Å². The van der Waals surface area contributed by atoms with Gasteiger partial charge in [-0.2, -0.15) is 0 Å². The minimum absolute atomic E-state index is 0.0240. The smallest absolute Gasteiger partial charge is 0.399 e. The van der Waals surface area contributed by atoms with Crippen LogP contribution in [0.3, 0.4) is 0 Å². The summed E-state index contributed by atoms with van der Waals surface area (Å²) in [4.78, 5) is 0. The first kappa shape index (κ1) is 14.5. The second kappa shape index (κ2) is 4.56. The van der Waals surface area contributed by atoms with E-state index in [-0.39, 0.29) is 5.56 Å². The van der Waals surface area contributed by atoms with Crippen molar-refractivity contribution in [3.8, 4) is 0 Å². The van der Waals surface area contributed by atoms with Gasteiger partial charge in [-0.1, -0.05) is 23.8 Å². The van der Waals surface area contributed by atoms with Gasteiger partial charge in [-0.3, -0.25) is 0 Å². The van der Waals surface area contributed by atoms with Gasteiger partial charge in [0.05, 0.1) is 11.2 Å². The van der Waals surface area contributed by atoms with Gasteiger partial charge in [-0.15, -0.1) is 0 Å². The molecule has 0 aromatic heterocycles. The Morgan fingerprint density at radius 2 is 1.58 bits per heavy atom. The number of benzene rings is 1. The topological polar surface area (TPSA) is 18.5 Å². The fourth-order valence-corrected chi connectivity index (χ4v) is 2.07. The van der Waals surface area contributed by atoms with Crippen LogP contribution in [0.5, 0.6) is 0 Å². The lowest BCUT2D eigenvalue weighted by molar-refractivity contribution is 0.00578. The van der Waals surface area contributed by atoms with Crippen LogP contribution in [0.15, 0.2) is 18.2 Å². The van der Waals surface area contributed by atoms with E-state index in [0.717, 1.165) is 5.56 Å². The number of hydrogen-bond donors (Lipinski definition) is 0. The third kappa shape index (κ3) is 2.54. The number of rotatable bonds is 2. The van der Waals surface area contributed by atoms with E-state index >= 15 is 0 Å². The molecule has 1 aromatic rings. The molecule has 0 atom stereocenters. The highest BCUT2D eigenvalue weighted by molar-refractivity contribution is 6.62. The zero-order valence-corrected chi connectivity index (χ0v) is 12.0. The molecule has 1 aromatic carbocycles. The standard InChI is InChI=1S/C14H19BF2O2/c1-9-6-7-10(12(16)17)11(8-9)15-18-13(2,3)14(4,5)19-15/h6-8,12H,1-5H3. The SMILES string of the molecule is Cc1ccc(C(F)F)c(B2OC(C)(C)C(C)(C)O2)c1. The van der Waals surface area contributed by atoms with E-state index in [1.807, 2.05) is 34.6 Å². The van der Waals surface area contributed by atoms with Gasteiger partial charge < -0.3 is 9.31 Å². The molecule has 19 heavy (non-hydrogen) atoms. The molecule has 104 valence electrons. The van der Waals surface area contributed by atoms with Crippen LogP contribution in [-0.4, -0.2) is 18.3 Å². The first-order valence-corrected chi connectivity index (χ1v) is 6.38. The van der Waals surface area contributed by atoms with Crippen molar-refractivity contribution in [2.45, 2.75) is 52.2 Å². The molecule has 0 aliphatic carbocycles. The molecule has 0 amide bonds. The summed E-state index contributed by atoms with van der Waals surface area (Å²) in [6.07, 6.45) is -2.53. The molecular formula is C14H19BF2O2. The summed E-state index contributed by atoms with van der Waals surface area (Å²) in [6.45, 7) is 9.50. The third-order valence-electron chi connectivity index (χ3n) is 3.98. The van der Waals surface area contributed by atoms with Gasteiger partial charge in [-0.05, 0) is 40.1 Å². The lowest BCUT2D eigenvalue weighted by atomic mass is 9.75. The highest BCUT2D eigenvalue weighted by atomic mass is 19.3. The number of halogens is 2. The molecule has 5 heteroatoms. The molecule has 0 N–H and O–H groups in total. The van der Waals surface area contributed by atoms with Crippen LogP contribution in [-0.2, 0) is 9.31 Å². The lowest BCUT2D eigenvalue weighted by Crippen LogP contribution is -2.41. The van der Waals surface area contributed by atoms with Gasteiger partial charge in [0, 0.05) is 5.56 Å². The molecule has 2 nitrogen and oxygen atoms in total. The summed E-state index contributed by atoms with van der Waals surface area (Å²) in [6, 6.07) is 4.83. The van der Waals surface area contributed by atoms with E-state index in [1.54, 1.807) is 12.1 Å². The summed E-state index contributed by atoms with van der Waals surface area (Å²) in [7, 11) is -0.742. The average Bonchev–Trinajstić information content (AvgIpc) is 2.47. The monoisotopic (exact) mass is 268 g/mol. The summed E-state index contributed by atoms with van der Waals surface area (Å²) in [5.41, 5.74) is 0.258. The average molecular weight is 268 g/mol. The molecule has 0 unspecified atom stereocenters. The molecular weight excluding hydrogens is 249 g/mol. The maximum atomic E-state index is 13.1. The maximum Gasteiger partial charge on any atom is 0.495 e. The summed E-state index contributed by atoms with van der Waals surface area (Å²) < 4.78 is 37.9. The van der Waals surface area contributed by atoms with Crippen LogP contribution < -0.4 is 5.46 Å². The Bertz CT molecular complexity index is 470. The maximum absolute atomic E-state index is 13.1. The quantitative estimate of drug-likeness (QED) is 0.766. The summed E-state index contributed by atoms with van der Waals surface area (Å²) in [5, 5.41) is 0. The van der Waals surface area contributed by atoms with Crippen molar-refractivity contribution in [3.05, 3.63) is 29.3 Å². The summed E-state index contributed by atoms with van der Waals surface area (Å²) >= 11 is 0. The molecule has 2 rings (SSSR count). The van der Waals surface area contributed by atoms with Gasteiger partial charge in [-0.25, -0.2) is 8.78 Å². The van der Waals surface area contributed by atoms with E-state index in [2.05, 4.69) is 0 Å². The van der Waals surface area contributed by atoms with Crippen LogP contribution in [0.25, 0.3) is 0 Å². The Labute approximate surface area is 113 Å². The third-order valence-corrected chi connectivity index (χ3v) is 3.98. The van der Waals surface area contributed by atoms with E-state index in [0.29, 0.717) is 5.46 Å². The van der Waals surface area contributed by atoms with Crippen LogP contribution in [0.4, 0.5) is 8.78 Å². The zero-order chi connectivity index (χ0) is 14.4. The Kier molecular flexibility index (Phi) is 3.48. The van der Waals surface area contributed by atoms with E-state index in [4.69, 9.17) is 9.31 Å². The van der Waals surface area contributed by atoms with Crippen molar-refractivity contribution in [3.63, 3.8) is 0 Å². The van der Waals surface area contributed by atoms with Crippen LogP contribution >= 0.6 is 0 Å². The second-order valence-corrected chi connectivity index (χ2v) is 6.02. The largest absolute Gasteiger partial charge is 0.495 e. The molecule has 1 fully saturated rings. The molecule has 0 radical (unpaired) electrons. The minimum atomic E-state index is -2.53. The molecule has 1 saturated heterocycles. The van der Waals surface area contributed by atoms with Gasteiger partial charge in [0.2, 0.25) is 0 Å². The number of hydrogen-bond acceptors (Lipinski definition) is 2. The van der Waals surface area contributed by atoms with Gasteiger partial charge in [0.25, 0.3) is 6.43 Å². The van der Waals surface area contributed by atoms with Crippen molar-refractivity contribution >= 4 is 12.6 Å². The molecule has 0 spiro atoms. The van der Waals surface area contributed by atoms with E-state index in [1.165, 1.54) is 6.07 Å². The van der Waals surface area contributed by atoms with Crippen molar-refractivity contribution in [2.75, 3.05) is 0 Å². The second-order valence-electron chi connectivity index (χ2n) is 6.02. The highest BCUT2D eigenvalue weighted by Gasteiger charge is 2.52. The van der Waals surface area contributed by atoms with Crippen molar-refractivity contribution in [1.82, 2.24) is 0 Å². The minimum Gasteiger partial charge on any atom is -0.399 e. The van der Waals surface area contributed by atoms with Crippen LogP contribution in [0, 0.1) is 6.92 Å². The van der Waals surface area contributed by atoms with Gasteiger partial charge >= 0.3 is 7.12 Å². The first-order valence-electron chi connectivity index (χ1n) is 6.38. The summed E-state index contributed by atoms with van der Waals surface area (Å²) in [5.74, 6) is 0. The number of aryl methyl sites for hydroxylation is 1. The normalized spacial score (nSPS) is 21.2. The Hall–Kier alpha value is -0.935. The van der Waals surface area contributed by atoms with Gasteiger partial charge in [0.1, 0.15) is 0 Å². The first-order chi connectivity index (χ1) is 8.64. The van der Waals surface area contributed by atoms with Gasteiger partial charge in [0.15, 0.2) is 0 Å². The number of alkyl halides is 2. The predicted octanol–water partition coefficient (Wildman–Crippen LogP) is 3.23. The molecule has 0 bridgehead atoms. The molecule has 0 saturated carbocycles. The molecule has 1 heterocycles. The fourth-order valence-electron chi connectivity index (χ4n) is 2.07. The van der Waals surface area contributed by atoms with Crippen molar-refractivity contribution in [1.29, 1.82) is 0 Å². The molecule has 1 aliphatic rings. The van der Waals surface area contributed by atoms with Crippen molar-refractivity contribution < 1.29 is 18.1 Å². The fraction of sp³-hybridized carbons (Fsp3) is 0.571.